The van der Waals surface area contributed by atoms with Crippen LogP contribution in [0.25, 0.3) is 0 Å². The van der Waals surface area contributed by atoms with Crippen LogP contribution < -0.4 is 11.3 Å². The number of rotatable bonds is 4. The smallest absolute Gasteiger partial charge is 0.238 e. The van der Waals surface area contributed by atoms with E-state index in [1.807, 2.05) is 12.1 Å². The van der Waals surface area contributed by atoms with Gasteiger partial charge in [0.2, 0.25) is 5.91 Å². The van der Waals surface area contributed by atoms with Crippen molar-refractivity contribution in [2.24, 2.45) is 5.84 Å². The van der Waals surface area contributed by atoms with Crippen LogP contribution in [-0.4, -0.2) is 32.1 Å². The zero-order valence-electron chi connectivity index (χ0n) is 11.7. The van der Waals surface area contributed by atoms with Gasteiger partial charge in [0, 0.05) is 19.6 Å². The lowest BCUT2D eigenvalue weighted by Gasteiger charge is -2.26. The summed E-state index contributed by atoms with van der Waals surface area (Å²) in [6, 6.07) is 8.05. The second-order valence-corrected chi connectivity index (χ2v) is 5.21. The molecule has 1 aliphatic heterocycles. The Balaban J connectivity index is 1.60. The fraction of sp³-hybridized carbons (Fsp3) is 0.357. The van der Waals surface area contributed by atoms with Crippen molar-refractivity contribution in [3.63, 3.8) is 0 Å². The van der Waals surface area contributed by atoms with Gasteiger partial charge in [-0.3, -0.25) is 15.1 Å². The number of nitrogens with zero attached hydrogens (tertiary/aromatic N) is 4. The van der Waals surface area contributed by atoms with Gasteiger partial charge < -0.3 is 4.57 Å². The van der Waals surface area contributed by atoms with Gasteiger partial charge in [0.05, 0.1) is 13.0 Å². The van der Waals surface area contributed by atoms with Crippen LogP contribution in [0.2, 0.25) is 0 Å². The summed E-state index contributed by atoms with van der Waals surface area (Å²) in [7, 11) is 0. The standard InChI is InChI=1S/C14H18N6O/c15-17-14(21)7-11-1-3-12(4-2-11)8-19-5-6-20-10-16-18-13(20)9-19/h1-4,10H,5-9,15H2,(H,17,21). The Bertz CT molecular complexity index is 621. The first-order valence-electron chi connectivity index (χ1n) is 6.91. The Kier molecular flexibility index (Phi) is 3.94. The zero-order valence-corrected chi connectivity index (χ0v) is 11.7. The molecular weight excluding hydrogens is 268 g/mol. The number of hydrazine groups is 1. The van der Waals surface area contributed by atoms with Crippen molar-refractivity contribution in [1.29, 1.82) is 0 Å². The monoisotopic (exact) mass is 286 g/mol. The summed E-state index contributed by atoms with van der Waals surface area (Å²) >= 11 is 0. The van der Waals surface area contributed by atoms with E-state index in [1.165, 1.54) is 5.56 Å². The largest absolute Gasteiger partial charge is 0.315 e. The average Bonchev–Trinajstić information content (AvgIpc) is 2.96. The molecule has 7 heteroatoms. The molecule has 21 heavy (non-hydrogen) atoms. The summed E-state index contributed by atoms with van der Waals surface area (Å²) in [6.45, 7) is 3.60. The summed E-state index contributed by atoms with van der Waals surface area (Å²) in [6.07, 6.45) is 2.09. The molecule has 0 saturated heterocycles. The molecule has 7 nitrogen and oxygen atoms in total. The Morgan fingerprint density at radius 3 is 2.76 bits per heavy atom. The van der Waals surface area contributed by atoms with Crippen LogP contribution >= 0.6 is 0 Å². The molecule has 1 aliphatic rings. The van der Waals surface area contributed by atoms with E-state index >= 15 is 0 Å². The predicted octanol–water partition coefficient (Wildman–Crippen LogP) is -0.174. The number of aromatic nitrogens is 3. The van der Waals surface area contributed by atoms with Crippen molar-refractivity contribution in [2.45, 2.75) is 26.1 Å². The predicted molar refractivity (Wildman–Crippen MR) is 76.6 cm³/mol. The maximum Gasteiger partial charge on any atom is 0.238 e. The molecule has 0 bridgehead atoms. The fourth-order valence-corrected chi connectivity index (χ4v) is 2.51. The highest BCUT2D eigenvalue weighted by molar-refractivity contribution is 5.77. The van der Waals surface area contributed by atoms with Crippen LogP contribution in [0.1, 0.15) is 17.0 Å². The van der Waals surface area contributed by atoms with E-state index in [-0.39, 0.29) is 5.91 Å². The van der Waals surface area contributed by atoms with E-state index in [1.54, 1.807) is 6.33 Å². The maximum absolute atomic E-state index is 11.2. The lowest BCUT2D eigenvalue weighted by Crippen LogP contribution is -2.33. The first kappa shape index (κ1) is 13.7. The van der Waals surface area contributed by atoms with Crippen molar-refractivity contribution < 1.29 is 4.79 Å². The molecule has 1 amide bonds. The SMILES string of the molecule is NNC(=O)Cc1ccc(CN2CCn3cnnc3C2)cc1. The van der Waals surface area contributed by atoms with Gasteiger partial charge in [0.1, 0.15) is 12.2 Å². The molecule has 0 radical (unpaired) electrons. The average molecular weight is 286 g/mol. The minimum absolute atomic E-state index is 0.182. The van der Waals surface area contributed by atoms with Crippen LogP contribution in [0.3, 0.4) is 0 Å². The molecule has 0 spiro atoms. The molecule has 1 aromatic carbocycles. The number of amides is 1. The number of nitrogens with two attached hydrogens (primary N) is 1. The molecule has 3 rings (SSSR count). The van der Waals surface area contributed by atoms with E-state index in [0.29, 0.717) is 6.42 Å². The minimum Gasteiger partial charge on any atom is -0.315 e. The Hall–Kier alpha value is -2.25. The first-order chi connectivity index (χ1) is 10.2. The zero-order chi connectivity index (χ0) is 14.7. The summed E-state index contributed by atoms with van der Waals surface area (Å²) in [4.78, 5) is 13.6. The van der Waals surface area contributed by atoms with Crippen LogP contribution in [0, 0.1) is 0 Å². The molecule has 2 heterocycles. The van der Waals surface area contributed by atoms with Crippen molar-refractivity contribution in [3.05, 3.63) is 47.5 Å². The second kappa shape index (κ2) is 6.02. The van der Waals surface area contributed by atoms with Gasteiger partial charge in [0.15, 0.2) is 0 Å². The van der Waals surface area contributed by atoms with Crippen LogP contribution in [-0.2, 0) is 30.8 Å². The lowest BCUT2D eigenvalue weighted by molar-refractivity contribution is -0.120. The first-order valence-corrected chi connectivity index (χ1v) is 6.91. The topological polar surface area (TPSA) is 89.1 Å². The van der Waals surface area contributed by atoms with E-state index in [0.717, 1.165) is 37.6 Å². The van der Waals surface area contributed by atoms with Gasteiger partial charge in [0.25, 0.3) is 0 Å². The Morgan fingerprint density at radius 1 is 1.24 bits per heavy atom. The summed E-state index contributed by atoms with van der Waals surface area (Å²) < 4.78 is 2.09. The highest BCUT2D eigenvalue weighted by Crippen LogP contribution is 2.14. The number of nitrogens with one attached hydrogen (secondary N) is 1. The van der Waals surface area contributed by atoms with Gasteiger partial charge in [-0.1, -0.05) is 24.3 Å². The Morgan fingerprint density at radius 2 is 2.00 bits per heavy atom. The summed E-state index contributed by atoms with van der Waals surface area (Å²) in [5.74, 6) is 5.91. The lowest BCUT2D eigenvalue weighted by atomic mass is 10.1. The number of carbonyl (C=O) groups is 1. The number of carbonyl (C=O) groups excluding carboxylic acids is 1. The fourth-order valence-electron chi connectivity index (χ4n) is 2.51. The van der Waals surface area contributed by atoms with Crippen molar-refractivity contribution in [3.8, 4) is 0 Å². The van der Waals surface area contributed by atoms with E-state index in [9.17, 15) is 4.79 Å². The second-order valence-electron chi connectivity index (χ2n) is 5.21. The van der Waals surface area contributed by atoms with Crippen molar-refractivity contribution >= 4 is 5.91 Å². The van der Waals surface area contributed by atoms with Gasteiger partial charge in [-0.2, -0.15) is 0 Å². The third-order valence-corrected chi connectivity index (χ3v) is 3.67. The molecule has 3 N–H and O–H groups in total. The van der Waals surface area contributed by atoms with Gasteiger partial charge in [-0.15, -0.1) is 10.2 Å². The van der Waals surface area contributed by atoms with Crippen LogP contribution in [0.4, 0.5) is 0 Å². The maximum atomic E-state index is 11.2. The summed E-state index contributed by atoms with van der Waals surface area (Å²) in [5, 5.41) is 8.05. The van der Waals surface area contributed by atoms with Crippen molar-refractivity contribution in [1.82, 2.24) is 25.1 Å². The van der Waals surface area contributed by atoms with Crippen molar-refractivity contribution in [2.75, 3.05) is 6.54 Å². The van der Waals surface area contributed by atoms with E-state index < -0.39 is 0 Å². The molecule has 0 aliphatic carbocycles. The molecule has 0 unspecified atom stereocenters. The molecule has 0 fully saturated rings. The third-order valence-electron chi connectivity index (χ3n) is 3.67. The highest BCUT2D eigenvalue weighted by atomic mass is 16.2. The van der Waals surface area contributed by atoms with Crippen LogP contribution in [0.5, 0.6) is 0 Å². The quantitative estimate of drug-likeness (QED) is 0.462. The Labute approximate surface area is 122 Å². The molecular formula is C14H18N6O. The highest BCUT2D eigenvalue weighted by Gasteiger charge is 2.17. The third kappa shape index (κ3) is 3.26. The molecule has 110 valence electrons. The molecule has 0 atom stereocenters. The van der Waals surface area contributed by atoms with Gasteiger partial charge in [-0.05, 0) is 11.1 Å². The van der Waals surface area contributed by atoms with Crippen LogP contribution in [0.15, 0.2) is 30.6 Å². The normalized spacial score (nSPS) is 14.7. The number of hydrogen-bond acceptors (Lipinski definition) is 5. The molecule has 1 aromatic heterocycles. The number of benzene rings is 1. The van der Waals surface area contributed by atoms with E-state index in [2.05, 4.69) is 37.2 Å². The number of fused-ring (bicyclic) bond motifs is 1. The van der Waals surface area contributed by atoms with Gasteiger partial charge >= 0.3 is 0 Å². The minimum atomic E-state index is -0.182. The van der Waals surface area contributed by atoms with Gasteiger partial charge in [-0.25, -0.2) is 5.84 Å². The van der Waals surface area contributed by atoms with E-state index in [4.69, 9.17) is 5.84 Å². The number of hydrogen-bond donors (Lipinski definition) is 2. The molecule has 0 saturated carbocycles. The summed E-state index contributed by atoms with van der Waals surface area (Å²) in [5.41, 5.74) is 4.32. The molecule has 2 aromatic rings.